The second kappa shape index (κ2) is 7.17. The van der Waals surface area contributed by atoms with E-state index in [1.165, 1.54) is 17.7 Å². The largest absolute Gasteiger partial charge is 0.388 e. The van der Waals surface area contributed by atoms with Gasteiger partial charge in [-0.15, -0.1) is 0 Å². The first-order valence-electron chi connectivity index (χ1n) is 6.81. The van der Waals surface area contributed by atoms with Crippen LogP contribution in [0.25, 0.3) is 0 Å². The minimum absolute atomic E-state index is 0.276. The summed E-state index contributed by atoms with van der Waals surface area (Å²) in [6.07, 6.45) is 0.0865. The van der Waals surface area contributed by atoms with Crippen molar-refractivity contribution in [3.05, 3.63) is 71.5 Å². The lowest BCUT2D eigenvalue weighted by molar-refractivity contribution is 0.147. The average molecular weight is 273 g/mol. The molecule has 0 amide bonds. The smallest absolute Gasteiger partial charge is 0.123 e. The number of aliphatic hydroxyl groups is 1. The van der Waals surface area contributed by atoms with Crippen LogP contribution in [0.5, 0.6) is 0 Å². The van der Waals surface area contributed by atoms with Crippen LogP contribution in [0.3, 0.4) is 0 Å². The minimum Gasteiger partial charge on any atom is -0.388 e. The molecule has 0 saturated heterocycles. The van der Waals surface area contributed by atoms with Crippen molar-refractivity contribution in [2.75, 3.05) is 13.6 Å². The molecule has 0 saturated carbocycles. The van der Waals surface area contributed by atoms with E-state index >= 15 is 0 Å². The van der Waals surface area contributed by atoms with Gasteiger partial charge in [0, 0.05) is 13.1 Å². The molecule has 1 N–H and O–H groups in total. The Morgan fingerprint density at radius 1 is 1.05 bits per heavy atom. The van der Waals surface area contributed by atoms with E-state index in [1.54, 1.807) is 12.1 Å². The van der Waals surface area contributed by atoms with Gasteiger partial charge in [0.2, 0.25) is 0 Å². The molecule has 0 aliphatic rings. The summed E-state index contributed by atoms with van der Waals surface area (Å²) in [5.41, 5.74) is 2.02. The maximum Gasteiger partial charge on any atom is 0.123 e. The molecule has 1 unspecified atom stereocenters. The standard InChI is InChI=1S/C17H20FNO/c1-19(13-14-5-3-2-4-6-14)12-11-17(20)15-7-9-16(18)10-8-15/h2-10,17,20H,11-13H2,1H3. The number of rotatable bonds is 6. The number of nitrogens with zero attached hydrogens (tertiary/aromatic N) is 1. The van der Waals surface area contributed by atoms with Crippen LogP contribution in [-0.2, 0) is 6.54 Å². The van der Waals surface area contributed by atoms with Gasteiger partial charge in [-0.1, -0.05) is 42.5 Å². The Balaban J connectivity index is 1.81. The quantitative estimate of drug-likeness (QED) is 0.872. The van der Waals surface area contributed by atoms with Crippen LogP contribution in [0.4, 0.5) is 4.39 Å². The number of hydrogen-bond acceptors (Lipinski definition) is 2. The second-order valence-electron chi connectivity index (χ2n) is 5.08. The summed E-state index contributed by atoms with van der Waals surface area (Å²) in [6.45, 7) is 1.64. The molecule has 20 heavy (non-hydrogen) atoms. The molecule has 0 radical (unpaired) electrons. The van der Waals surface area contributed by atoms with Gasteiger partial charge < -0.3 is 10.0 Å². The van der Waals surface area contributed by atoms with Gasteiger partial charge >= 0.3 is 0 Å². The zero-order valence-electron chi connectivity index (χ0n) is 11.7. The molecule has 0 aliphatic heterocycles. The molecule has 1 atom stereocenters. The number of benzene rings is 2. The Labute approximate surface area is 119 Å². The molecule has 0 spiro atoms. The number of hydrogen-bond donors (Lipinski definition) is 1. The van der Waals surface area contributed by atoms with E-state index in [0.29, 0.717) is 6.42 Å². The van der Waals surface area contributed by atoms with Crippen LogP contribution < -0.4 is 0 Å². The maximum atomic E-state index is 12.8. The van der Waals surface area contributed by atoms with Crippen LogP contribution in [0.15, 0.2) is 54.6 Å². The van der Waals surface area contributed by atoms with E-state index in [1.807, 2.05) is 25.2 Å². The zero-order valence-corrected chi connectivity index (χ0v) is 11.7. The lowest BCUT2D eigenvalue weighted by Gasteiger charge is -2.19. The molecule has 0 fully saturated rings. The van der Waals surface area contributed by atoms with E-state index in [-0.39, 0.29) is 5.82 Å². The van der Waals surface area contributed by atoms with Gasteiger partial charge in [0.25, 0.3) is 0 Å². The van der Waals surface area contributed by atoms with Crippen molar-refractivity contribution in [3.8, 4) is 0 Å². The van der Waals surface area contributed by atoms with Crippen molar-refractivity contribution in [1.29, 1.82) is 0 Å². The molecule has 0 bridgehead atoms. The molecule has 2 nitrogen and oxygen atoms in total. The van der Waals surface area contributed by atoms with Gasteiger partial charge in [-0.05, 0) is 36.7 Å². The Hall–Kier alpha value is -1.71. The first-order valence-corrected chi connectivity index (χ1v) is 6.81. The van der Waals surface area contributed by atoms with Crippen molar-refractivity contribution < 1.29 is 9.50 Å². The highest BCUT2D eigenvalue weighted by Gasteiger charge is 2.09. The average Bonchev–Trinajstić information content (AvgIpc) is 2.46. The molecule has 2 rings (SSSR count). The Morgan fingerprint density at radius 3 is 2.35 bits per heavy atom. The summed E-state index contributed by atoms with van der Waals surface area (Å²) >= 11 is 0. The highest BCUT2D eigenvalue weighted by Crippen LogP contribution is 2.17. The Bertz CT molecular complexity index is 512. The van der Waals surface area contributed by atoms with Gasteiger partial charge in [-0.2, -0.15) is 0 Å². The molecule has 0 aromatic heterocycles. The summed E-state index contributed by atoms with van der Waals surface area (Å²) in [5, 5.41) is 10.1. The second-order valence-corrected chi connectivity index (χ2v) is 5.08. The summed E-state index contributed by atoms with van der Waals surface area (Å²) in [4.78, 5) is 2.17. The Kier molecular flexibility index (Phi) is 5.27. The fourth-order valence-electron chi connectivity index (χ4n) is 2.17. The molecule has 0 aliphatic carbocycles. The third-order valence-corrected chi connectivity index (χ3v) is 3.33. The molecule has 3 heteroatoms. The number of aliphatic hydroxyl groups excluding tert-OH is 1. The van der Waals surface area contributed by atoms with Gasteiger partial charge in [0.15, 0.2) is 0 Å². The fraction of sp³-hybridized carbons (Fsp3) is 0.294. The Morgan fingerprint density at radius 2 is 1.70 bits per heavy atom. The monoisotopic (exact) mass is 273 g/mol. The summed E-state index contributed by atoms with van der Waals surface area (Å²) in [6, 6.07) is 16.3. The molecule has 2 aromatic carbocycles. The third kappa shape index (κ3) is 4.44. The van der Waals surface area contributed by atoms with E-state index in [2.05, 4.69) is 17.0 Å². The van der Waals surface area contributed by atoms with Crippen LogP contribution in [0.2, 0.25) is 0 Å². The van der Waals surface area contributed by atoms with Crippen molar-refractivity contribution in [2.24, 2.45) is 0 Å². The van der Waals surface area contributed by atoms with Crippen LogP contribution in [0, 0.1) is 5.82 Å². The predicted octanol–water partition coefficient (Wildman–Crippen LogP) is 3.38. The highest BCUT2D eigenvalue weighted by atomic mass is 19.1. The van der Waals surface area contributed by atoms with Crippen LogP contribution >= 0.6 is 0 Å². The van der Waals surface area contributed by atoms with Crippen LogP contribution in [0.1, 0.15) is 23.7 Å². The maximum absolute atomic E-state index is 12.8. The molecular formula is C17H20FNO. The zero-order chi connectivity index (χ0) is 14.4. The summed E-state index contributed by atoms with van der Waals surface area (Å²) < 4.78 is 12.8. The van der Waals surface area contributed by atoms with E-state index in [9.17, 15) is 9.50 Å². The van der Waals surface area contributed by atoms with Crippen molar-refractivity contribution in [3.63, 3.8) is 0 Å². The predicted molar refractivity (Wildman–Crippen MR) is 78.8 cm³/mol. The number of halogens is 1. The first kappa shape index (κ1) is 14.7. The van der Waals surface area contributed by atoms with Crippen LogP contribution in [-0.4, -0.2) is 23.6 Å². The van der Waals surface area contributed by atoms with Crippen molar-refractivity contribution in [1.82, 2.24) is 4.90 Å². The van der Waals surface area contributed by atoms with Gasteiger partial charge in [-0.3, -0.25) is 0 Å². The lowest BCUT2D eigenvalue weighted by Crippen LogP contribution is -2.20. The molecular weight excluding hydrogens is 253 g/mol. The van der Waals surface area contributed by atoms with Crippen molar-refractivity contribution >= 4 is 0 Å². The third-order valence-electron chi connectivity index (χ3n) is 3.33. The van der Waals surface area contributed by atoms with E-state index in [4.69, 9.17) is 0 Å². The molecule has 0 heterocycles. The van der Waals surface area contributed by atoms with E-state index < -0.39 is 6.10 Å². The fourth-order valence-corrected chi connectivity index (χ4v) is 2.17. The normalized spacial score (nSPS) is 12.6. The lowest BCUT2D eigenvalue weighted by atomic mass is 10.1. The van der Waals surface area contributed by atoms with Crippen molar-refractivity contribution in [2.45, 2.75) is 19.1 Å². The molecule has 106 valence electrons. The van der Waals surface area contributed by atoms with Gasteiger partial charge in [-0.25, -0.2) is 4.39 Å². The first-order chi connectivity index (χ1) is 9.65. The topological polar surface area (TPSA) is 23.5 Å². The van der Waals surface area contributed by atoms with Gasteiger partial charge in [0.05, 0.1) is 6.10 Å². The molecule has 2 aromatic rings. The SMILES string of the molecule is CN(CCC(O)c1ccc(F)cc1)Cc1ccccc1. The summed E-state index contributed by atoms with van der Waals surface area (Å²) in [7, 11) is 2.03. The summed E-state index contributed by atoms with van der Waals surface area (Å²) in [5.74, 6) is -0.276. The van der Waals surface area contributed by atoms with E-state index in [0.717, 1.165) is 18.7 Å². The van der Waals surface area contributed by atoms with Gasteiger partial charge in [0.1, 0.15) is 5.82 Å². The minimum atomic E-state index is -0.547. The highest BCUT2D eigenvalue weighted by molar-refractivity contribution is 5.18.